The predicted molar refractivity (Wildman–Crippen MR) is 288 cm³/mol. The second-order valence-electron chi connectivity index (χ2n) is 20.2. The highest BCUT2D eigenvalue weighted by molar-refractivity contribution is 5.97. The summed E-state index contributed by atoms with van der Waals surface area (Å²) in [6, 6.07) is -12.7. The summed E-state index contributed by atoms with van der Waals surface area (Å²) in [5, 5.41) is 60.9. The third-order valence-electron chi connectivity index (χ3n) is 12.9. The number of nitrogens with one attached hydrogen (secondary N) is 11. The Morgan fingerprint density at radius 1 is 0.615 bits per heavy atom. The summed E-state index contributed by atoms with van der Waals surface area (Å²) in [5.41, 5.74) is 29.0. The Kier molecular flexibility index (Phi) is 34.3. The number of rotatable bonds is 27. The molecule has 0 aromatic carbocycles. The summed E-state index contributed by atoms with van der Waals surface area (Å²) in [5.74, 6) is -8.07. The van der Waals surface area contributed by atoms with E-state index in [1.165, 1.54) is 13.8 Å². The first kappa shape index (κ1) is 70.4. The number of amides is 10. The average molecular weight is 1120 g/mol. The maximum atomic E-state index is 14.2. The van der Waals surface area contributed by atoms with Crippen molar-refractivity contribution in [3.63, 3.8) is 0 Å². The molecule has 0 aromatic rings. The van der Waals surface area contributed by atoms with Gasteiger partial charge in [0.15, 0.2) is 0 Å². The molecule has 1 saturated heterocycles. The quantitative estimate of drug-likeness (QED) is 0.0340. The smallest absolute Gasteiger partial charge is 0.245 e. The highest BCUT2D eigenvalue weighted by Gasteiger charge is 2.36. The van der Waals surface area contributed by atoms with Gasteiger partial charge in [-0.2, -0.15) is 0 Å². The molecule has 24 N–H and O–H groups in total. The van der Waals surface area contributed by atoms with Crippen LogP contribution in [0.3, 0.4) is 0 Å². The molecule has 0 aromatic heterocycles. The van der Waals surface area contributed by atoms with E-state index >= 15 is 0 Å². The standard InChI is InChI=1S/C49H94N16O13/c1-7-27(4)10-8-9-11-37(68)57-31(13-19-51)45(74)65-40(29(6)67)49(78)63-33(15-21-53)43(72)62-35-17-23-55-48(77)39(28(5)66)64-46(75)34(16-22-54)60-42(71)32(14-20-52)61-47(76)36(24-26(2)3)58-38(69)25-56-41(70)30(12-18-50)59-44(35)73/h26-36,39-40,44,59,66-67,73H,7-25,50-54H2,1-6H3,(H,55,77)(H,56,70)(H,57,68)(H,58,69)(H,60,71)(H,61,76)(H,62,72)(H,63,78)(H,64,75)(H,65,74)/t27-,28+,29+,30-,31-,32-,33-,34-,35-,36?,39-,40-,44?/m0/s1. The minimum Gasteiger partial charge on any atom is -0.391 e. The van der Waals surface area contributed by atoms with Crippen LogP contribution < -0.4 is 87.2 Å². The second kappa shape index (κ2) is 38.0. The molecule has 0 radical (unpaired) electrons. The van der Waals surface area contributed by atoms with Crippen LogP contribution in [0.1, 0.15) is 119 Å². The Labute approximate surface area is 457 Å². The topological polar surface area (TPSA) is 494 Å². The van der Waals surface area contributed by atoms with Gasteiger partial charge in [-0.25, -0.2) is 0 Å². The molecule has 0 spiro atoms. The molecular formula is C49H94N16O13. The Balaban J connectivity index is 3.64. The number of aliphatic hydroxyl groups is 3. The number of carbonyl (C=O) groups excluding carboxylic acids is 10. The number of carbonyl (C=O) groups is 10. The van der Waals surface area contributed by atoms with Crippen LogP contribution in [0.5, 0.6) is 0 Å². The minimum atomic E-state index is -1.86. The fourth-order valence-corrected chi connectivity index (χ4v) is 8.19. The number of aliphatic hydroxyl groups excluding tert-OH is 3. The fourth-order valence-electron chi connectivity index (χ4n) is 8.19. The highest BCUT2D eigenvalue weighted by atomic mass is 16.3. The fraction of sp³-hybridized carbons (Fsp3) is 0.796. The number of hydrogen-bond donors (Lipinski definition) is 19. The van der Waals surface area contributed by atoms with Gasteiger partial charge >= 0.3 is 0 Å². The lowest BCUT2D eigenvalue weighted by Crippen LogP contribution is -2.62. The molecule has 29 nitrogen and oxygen atoms in total. The minimum absolute atomic E-state index is 0.00336. The Hall–Kier alpha value is -5.66. The maximum Gasteiger partial charge on any atom is 0.245 e. The molecule has 2 unspecified atom stereocenters. The van der Waals surface area contributed by atoms with E-state index in [4.69, 9.17) is 28.7 Å². The molecule has 1 aliphatic heterocycles. The molecule has 1 rings (SSSR count). The van der Waals surface area contributed by atoms with Gasteiger partial charge in [-0.3, -0.25) is 53.3 Å². The lowest BCUT2D eigenvalue weighted by molar-refractivity contribution is -0.136. The molecule has 29 heteroatoms. The maximum absolute atomic E-state index is 14.2. The van der Waals surface area contributed by atoms with Gasteiger partial charge in [-0.05, 0) is 110 Å². The molecule has 0 bridgehead atoms. The molecular weight excluding hydrogens is 1020 g/mol. The number of unbranched alkanes of at least 4 members (excludes halogenated alkanes) is 1. The lowest BCUT2D eigenvalue weighted by Gasteiger charge is -2.31. The van der Waals surface area contributed by atoms with Gasteiger partial charge in [0.2, 0.25) is 59.1 Å². The van der Waals surface area contributed by atoms with Crippen molar-refractivity contribution < 1.29 is 63.3 Å². The Morgan fingerprint density at radius 3 is 1.69 bits per heavy atom. The second-order valence-corrected chi connectivity index (χ2v) is 20.2. The summed E-state index contributed by atoms with van der Waals surface area (Å²) < 4.78 is 0. The summed E-state index contributed by atoms with van der Waals surface area (Å²) in [6.45, 7) is 8.56. The molecule has 10 amide bonds. The van der Waals surface area contributed by atoms with E-state index in [1.54, 1.807) is 13.8 Å². The van der Waals surface area contributed by atoms with Crippen molar-refractivity contribution in [2.45, 2.75) is 191 Å². The number of hydrogen-bond acceptors (Lipinski definition) is 19. The van der Waals surface area contributed by atoms with E-state index in [0.29, 0.717) is 12.3 Å². The van der Waals surface area contributed by atoms with E-state index < -0.39 is 138 Å². The first-order valence-corrected chi connectivity index (χ1v) is 27.1. The summed E-state index contributed by atoms with van der Waals surface area (Å²) in [4.78, 5) is 136. The van der Waals surface area contributed by atoms with Gasteiger partial charge in [0.05, 0.1) is 30.8 Å². The van der Waals surface area contributed by atoms with Crippen LogP contribution in [-0.2, 0) is 47.9 Å². The van der Waals surface area contributed by atoms with Gasteiger partial charge in [0, 0.05) is 13.0 Å². The van der Waals surface area contributed by atoms with Crippen molar-refractivity contribution in [2.75, 3.05) is 45.8 Å². The van der Waals surface area contributed by atoms with Crippen LogP contribution in [-0.4, -0.2) is 193 Å². The average Bonchev–Trinajstić information content (AvgIpc) is 3.37. The third kappa shape index (κ3) is 26.3. The zero-order valence-electron chi connectivity index (χ0n) is 46.3. The predicted octanol–water partition coefficient (Wildman–Crippen LogP) is -7.06. The van der Waals surface area contributed by atoms with Crippen LogP contribution in [0.4, 0.5) is 0 Å². The van der Waals surface area contributed by atoms with E-state index in [-0.39, 0.29) is 96.6 Å². The first-order chi connectivity index (χ1) is 36.9. The van der Waals surface area contributed by atoms with Crippen LogP contribution in [0.25, 0.3) is 0 Å². The van der Waals surface area contributed by atoms with Crippen molar-refractivity contribution >= 4 is 59.1 Å². The third-order valence-corrected chi connectivity index (χ3v) is 12.9. The molecule has 1 heterocycles. The highest BCUT2D eigenvalue weighted by Crippen LogP contribution is 2.13. The van der Waals surface area contributed by atoms with Gasteiger partial charge < -0.3 is 97.2 Å². The van der Waals surface area contributed by atoms with Crippen LogP contribution in [0, 0.1) is 11.8 Å². The molecule has 1 fully saturated rings. The molecule has 0 saturated carbocycles. The first-order valence-electron chi connectivity index (χ1n) is 27.1. The van der Waals surface area contributed by atoms with Crippen molar-refractivity contribution in [2.24, 2.45) is 40.5 Å². The molecule has 448 valence electrons. The van der Waals surface area contributed by atoms with Gasteiger partial charge in [0.25, 0.3) is 0 Å². The van der Waals surface area contributed by atoms with E-state index in [0.717, 1.165) is 19.3 Å². The van der Waals surface area contributed by atoms with Crippen molar-refractivity contribution in [3.8, 4) is 0 Å². The number of nitrogens with two attached hydrogens (primary N) is 5. The molecule has 0 aliphatic carbocycles. The largest absolute Gasteiger partial charge is 0.391 e. The SMILES string of the molecule is CC[C@H](C)CCCCC(=O)N[C@@H](CCN)C(=O)N[C@H](C(=O)N[C@@H](CCN)C(=O)N[C@H]1CCNC(=O)[C@H]([C@@H](C)O)NC(=O)[C@H](CCN)NC(=O)[C@H](CCN)NC(=O)C(CC(C)C)NC(=O)CNC(=O)[C@H](CCN)NC1O)[C@@H](C)O. The van der Waals surface area contributed by atoms with Gasteiger partial charge in [-0.15, -0.1) is 0 Å². The van der Waals surface area contributed by atoms with Crippen molar-refractivity contribution in [1.29, 1.82) is 0 Å². The Morgan fingerprint density at radius 2 is 1.17 bits per heavy atom. The lowest BCUT2D eigenvalue weighted by atomic mass is 10.0. The van der Waals surface area contributed by atoms with E-state index in [1.807, 2.05) is 0 Å². The van der Waals surface area contributed by atoms with Gasteiger partial charge in [-0.1, -0.05) is 47.0 Å². The van der Waals surface area contributed by atoms with E-state index in [9.17, 15) is 63.3 Å². The van der Waals surface area contributed by atoms with Crippen molar-refractivity contribution in [3.05, 3.63) is 0 Å². The van der Waals surface area contributed by atoms with Gasteiger partial charge in [0.1, 0.15) is 48.5 Å². The van der Waals surface area contributed by atoms with E-state index in [2.05, 4.69) is 72.3 Å². The summed E-state index contributed by atoms with van der Waals surface area (Å²) >= 11 is 0. The molecule has 1 aliphatic rings. The molecule has 13 atom stereocenters. The molecule has 78 heavy (non-hydrogen) atoms. The zero-order chi connectivity index (χ0) is 59.1. The Bertz CT molecular complexity index is 1920. The summed E-state index contributed by atoms with van der Waals surface area (Å²) in [6.07, 6.45) is -2.34. The van der Waals surface area contributed by atoms with Crippen LogP contribution in [0.2, 0.25) is 0 Å². The van der Waals surface area contributed by atoms with Crippen molar-refractivity contribution in [1.82, 2.24) is 58.5 Å². The normalized spacial score (nSPS) is 24.0. The van der Waals surface area contributed by atoms with Crippen LogP contribution in [0.15, 0.2) is 0 Å². The van der Waals surface area contributed by atoms with Crippen LogP contribution >= 0.6 is 0 Å². The monoisotopic (exact) mass is 1110 g/mol. The summed E-state index contributed by atoms with van der Waals surface area (Å²) in [7, 11) is 0. The zero-order valence-corrected chi connectivity index (χ0v) is 46.3.